The summed E-state index contributed by atoms with van der Waals surface area (Å²) in [5, 5.41) is 27.6. The van der Waals surface area contributed by atoms with Crippen molar-refractivity contribution in [2.45, 2.75) is 58.2 Å². The Bertz CT molecular complexity index is 433. The molecule has 120 valence electrons. The fraction of sp³-hybridized carbons (Fsp3) is 0.812. The first-order chi connectivity index (χ1) is 9.84. The van der Waals surface area contributed by atoms with Crippen LogP contribution in [0, 0.1) is 11.3 Å². The summed E-state index contributed by atoms with van der Waals surface area (Å²) in [6, 6.07) is 1.85. The summed E-state index contributed by atoms with van der Waals surface area (Å²) in [5.74, 6) is 0.580. The largest absolute Gasteiger partial charge is 0.394 e. The molecule has 1 saturated carbocycles. The van der Waals surface area contributed by atoms with Crippen LogP contribution in [0.3, 0.4) is 0 Å². The van der Waals surface area contributed by atoms with Gasteiger partial charge in [0.1, 0.15) is 0 Å². The van der Waals surface area contributed by atoms with Crippen LogP contribution in [-0.2, 0) is 6.54 Å². The van der Waals surface area contributed by atoms with Crippen LogP contribution < -0.4 is 5.32 Å². The number of nitrogens with one attached hydrogen (secondary N) is 1. The maximum Gasteiger partial charge on any atom is 0.0860 e. The minimum atomic E-state index is -0.506. The highest BCUT2D eigenvalue weighted by atomic mass is 16.3. The van der Waals surface area contributed by atoms with Crippen LogP contribution in [0.4, 0.5) is 0 Å². The zero-order valence-electron chi connectivity index (χ0n) is 13.4. The first kappa shape index (κ1) is 16.5. The second kappa shape index (κ2) is 6.46. The molecule has 0 bridgehead atoms. The lowest BCUT2D eigenvalue weighted by molar-refractivity contribution is 0.0249. The molecule has 0 aromatic carbocycles. The van der Waals surface area contributed by atoms with Gasteiger partial charge in [-0.2, -0.15) is 5.10 Å². The van der Waals surface area contributed by atoms with E-state index in [0.29, 0.717) is 19.0 Å². The summed E-state index contributed by atoms with van der Waals surface area (Å²) in [6.07, 6.45) is 6.13. The van der Waals surface area contributed by atoms with Crippen molar-refractivity contribution in [3.8, 4) is 0 Å². The number of aromatic nitrogens is 2. The lowest BCUT2D eigenvalue weighted by atomic mass is 9.64. The lowest BCUT2D eigenvalue weighted by Gasteiger charge is -2.47. The molecule has 0 spiro atoms. The SMILES string of the molecule is C[C@@H]1CC(C)(C)C[C@](CO)(NC[C@@H](O)Cn2cccn2)C1. The molecule has 0 radical (unpaired) electrons. The summed E-state index contributed by atoms with van der Waals surface area (Å²) in [6.45, 7) is 7.83. The van der Waals surface area contributed by atoms with Gasteiger partial charge in [0, 0.05) is 24.5 Å². The highest BCUT2D eigenvalue weighted by molar-refractivity contribution is 4.99. The smallest absolute Gasteiger partial charge is 0.0860 e. The molecule has 1 aromatic rings. The van der Waals surface area contributed by atoms with Crippen LogP contribution in [0.5, 0.6) is 0 Å². The van der Waals surface area contributed by atoms with Crippen molar-refractivity contribution < 1.29 is 10.2 Å². The molecule has 1 aliphatic carbocycles. The number of hydrogen-bond acceptors (Lipinski definition) is 4. The molecule has 21 heavy (non-hydrogen) atoms. The van der Waals surface area contributed by atoms with Crippen molar-refractivity contribution in [3.63, 3.8) is 0 Å². The third kappa shape index (κ3) is 4.53. The minimum Gasteiger partial charge on any atom is -0.394 e. The number of aliphatic hydroxyl groups is 2. The Morgan fingerprint density at radius 2 is 2.19 bits per heavy atom. The van der Waals surface area contributed by atoms with Crippen molar-refractivity contribution >= 4 is 0 Å². The molecule has 0 unspecified atom stereocenters. The monoisotopic (exact) mass is 295 g/mol. The van der Waals surface area contributed by atoms with Gasteiger partial charge >= 0.3 is 0 Å². The third-order valence-electron chi connectivity index (χ3n) is 4.43. The molecule has 0 amide bonds. The Morgan fingerprint density at radius 1 is 1.43 bits per heavy atom. The number of β-amino-alcohol motifs (C(OH)–C–C–N with tert-alkyl or cyclic N) is 1. The van der Waals surface area contributed by atoms with E-state index < -0.39 is 6.10 Å². The van der Waals surface area contributed by atoms with Crippen molar-refractivity contribution in [1.82, 2.24) is 15.1 Å². The molecule has 5 heteroatoms. The Labute approximate surface area is 127 Å². The maximum absolute atomic E-state index is 10.2. The summed E-state index contributed by atoms with van der Waals surface area (Å²) >= 11 is 0. The van der Waals surface area contributed by atoms with Crippen molar-refractivity contribution in [2.75, 3.05) is 13.2 Å². The summed E-state index contributed by atoms with van der Waals surface area (Å²) in [7, 11) is 0. The topological polar surface area (TPSA) is 70.3 Å². The highest BCUT2D eigenvalue weighted by Crippen LogP contribution is 2.43. The van der Waals surface area contributed by atoms with Crippen LogP contribution in [0.15, 0.2) is 18.5 Å². The molecule has 1 aliphatic rings. The molecular formula is C16H29N3O2. The van der Waals surface area contributed by atoms with E-state index >= 15 is 0 Å². The van der Waals surface area contributed by atoms with E-state index in [0.717, 1.165) is 12.8 Å². The minimum absolute atomic E-state index is 0.120. The highest BCUT2D eigenvalue weighted by Gasteiger charge is 2.42. The van der Waals surface area contributed by atoms with Gasteiger partial charge in [-0.05, 0) is 36.7 Å². The van der Waals surface area contributed by atoms with Gasteiger partial charge in [-0.1, -0.05) is 20.8 Å². The Hall–Kier alpha value is -0.910. The van der Waals surface area contributed by atoms with Crippen molar-refractivity contribution in [2.24, 2.45) is 11.3 Å². The number of rotatable bonds is 6. The zero-order chi connectivity index (χ0) is 15.5. The number of aliphatic hydroxyl groups excluding tert-OH is 2. The zero-order valence-corrected chi connectivity index (χ0v) is 13.4. The van der Waals surface area contributed by atoms with Gasteiger partial charge in [-0.3, -0.25) is 4.68 Å². The van der Waals surface area contributed by atoms with Gasteiger partial charge in [0.25, 0.3) is 0 Å². The predicted molar refractivity (Wildman–Crippen MR) is 82.8 cm³/mol. The molecule has 5 nitrogen and oxygen atoms in total. The molecule has 1 fully saturated rings. The predicted octanol–water partition coefficient (Wildman–Crippen LogP) is 1.41. The standard InChI is InChI=1S/C16H29N3O2/c1-13-7-15(2,3)11-16(8-13,12-20)17-9-14(21)10-19-6-4-5-18-19/h4-6,13-14,17,20-21H,7-12H2,1-3H3/t13-,14-,16-/m1/s1. The Kier molecular flexibility index (Phi) is 5.07. The van der Waals surface area contributed by atoms with E-state index in [1.54, 1.807) is 10.9 Å². The van der Waals surface area contributed by atoms with Gasteiger partial charge in [0.15, 0.2) is 0 Å². The average molecular weight is 295 g/mol. The van der Waals surface area contributed by atoms with Crippen LogP contribution in [0.25, 0.3) is 0 Å². The van der Waals surface area contributed by atoms with Gasteiger partial charge in [-0.25, -0.2) is 0 Å². The van der Waals surface area contributed by atoms with Gasteiger partial charge in [0.2, 0.25) is 0 Å². The summed E-state index contributed by atoms with van der Waals surface area (Å²) in [4.78, 5) is 0. The average Bonchev–Trinajstić information content (AvgIpc) is 2.87. The first-order valence-corrected chi connectivity index (χ1v) is 7.86. The quantitative estimate of drug-likeness (QED) is 0.742. The molecule has 3 atom stereocenters. The van der Waals surface area contributed by atoms with E-state index in [2.05, 4.69) is 31.2 Å². The molecular weight excluding hydrogens is 266 g/mol. The number of nitrogens with zero attached hydrogens (tertiary/aromatic N) is 2. The van der Waals surface area contributed by atoms with Gasteiger partial charge in [-0.15, -0.1) is 0 Å². The van der Waals surface area contributed by atoms with E-state index in [1.165, 1.54) is 6.42 Å². The van der Waals surface area contributed by atoms with Gasteiger partial charge < -0.3 is 15.5 Å². The third-order valence-corrected chi connectivity index (χ3v) is 4.43. The summed E-state index contributed by atoms with van der Waals surface area (Å²) < 4.78 is 1.73. The first-order valence-electron chi connectivity index (χ1n) is 7.86. The number of hydrogen-bond donors (Lipinski definition) is 3. The molecule has 1 heterocycles. The van der Waals surface area contributed by atoms with Crippen molar-refractivity contribution in [3.05, 3.63) is 18.5 Å². The van der Waals surface area contributed by atoms with Crippen LogP contribution in [0.2, 0.25) is 0 Å². The van der Waals surface area contributed by atoms with E-state index in [9.17, 15) is 10.2 Å². The second-order valence-corrected chi connectivity index (χ2v) is 7.56. The van der Waals surface area contributed by atoms with Crippen molar-refractivity contribution in [1.29, 1.82) is 0 Å². The fourth-order valence-corrected chi connectivity index (χ4v) is 4.08. The molecule has 0 saturated heterocycles. The van der Waals surface area contributed by atoms with Crippen LogP contribution in [-0.4, -0.2) is 44.8 Å². The molecule has 1 aromatic heterocycles. The Balaban J connectivity index is 1.92. The van der Waals surface area contributed by atoms with Gasteiger partial charge in [0.05, 0.1) is 19.3 Å². The van der Waals surface area contributed by atoms with Crippen LogP contribution >= 0.6 is 0 Å². The summed E-state index contributed by atoms with van der Waals surface area (Å²) in [5.41, 5.74) is -0.0490. The lowest BCUT2D eigenvalue weighted by Crippen LogP contribution is -2.57. The molecule has 2 rings (SSSR count). The molecule has 3 N–H and O–H groups in total. The van der Waals surface area contributed by atoms with E-state index in [1.807, 2.05) is 12.3 Å². The Morgan fingerprint density at radius 3 is 2.76 bits per heavy atom. The second-order valence-electron chi connectivity index (χ2n) is 7.56. The fourth-order valence-electron chi connectivity index (χ4n) is 4.08. The maximum atomic E-state index is 10.2. The normalized spacial score (nSPS) is 30.2. The van der Waals surface area contributed by atoms with E-state index in [-0.39, 0.29) is 17.6 Å². The van der Waals surface area contributed by atoms with E-state index in [4.69, 9.17) is 0 Å². The molecule has 0 aliphatic heterocycles. The van der Waals surface area contributed by atoms with Crippen LogP contribution in [0.1, 0.15) is 40.0 Å².